The molecule has 0 radical (unpaired) electrons. The number of rotatable bonds is 7. The number of benzene rings is 2. The second-order valence-electron chi connectivity index (χ2n) is 10.6. The number of carbonyl (C=O) groups excluding carboxylic acids is 2. The number of aromatic nitrogens is 2. The maximum absolute atomic E-state index is 11.8. The molecule has 11 heteroatoms. The molecule has 3 aromatic rings. The van der Waals surface area contributed by atoms with Crippen LogP contribution in [0.1, 0.15) is 40.1 Å². The normalized spacial score (nSPS) is 15.5. The monoisotopic (exact) mass is 559 g/mol. The molecule has 2 aliphatic rings. The summed E-state index contributed by atoms with van der Waals surface area (Å²) in [5.41, 5.74) is 14.4. The summed E-state index contributed by atoms with van der Waals surface area (Å²) < 4.78 is 0. The summed E-state index contributed by atoms with van der Waals surface area (Å²) in [5, 5.41) is 3.24. The van der Waals surface area contributed by atoms with Gasteiger partial charge >= 0.3 is 0 Å². The van der Waals surface area contributed by atoms with E-state index in [4.69, 9.17) is 11.5 Å². The number of nitrogens with two attached hydrogens (primary N) is 2. The zero-order valence-corrected chi connectivity index (χ0v) is 24.2. The van der Waals surface area contributed by atoms with Crippen molar-refractivity contribution >= 4 is 40.5 Å². The molecule has 0 bridgehead atoms. The van der Waals surface area contributed by atoms with Gasteiger partial charge in [-0.3, -0.25) is 9.59 Å². The summed E-state index contributed by atoms with van der Waals surface area (Å²) in [6, 6.07) is 15.4. The number of carbonyl (C=O) groups is 2. The van der Waals surface area contributed by atoms with Crippen molar-refractivity contribution in [1.29, 1.82) is 0 Å². The molecule has 218 valence electrons. The number of hydrogen-bond acceptors (Lipinski definition) is 9. The lowest BCUT2D eigenvalue weighted by Gasteiger charge is -2.34. The minimum Gasteiger partial charge on any atom is -0.378 e. The van der Waals surface area contributed by atoms with Crippen molar-refractivity contribution in [2.45, 2.75) is 19.3 Å². The lowest BCUT2D eigenvalue weighted by molar-refractivity contribution is 0.0989. The number of anilines is 5. The maximum atomic E-state index is 11.8. The van der Waals surface area contributed by atoms with Crippen LogP contribution < -0.4 is 31.5 Å². The molecule has 2 fully saturated rings. The Morgan fingerprint density at radius 2 is 1.44 bits per heavy atom. The van der Waals surface area contributed by atoms with E-state index in [1.807, 2.05) is 43.3 Å². The highest BCUT2D eigenvalue weighted by atomic mass is 16.1. The molecule has 2 amide bonds. The van der Waals surface area contributed by atoms with Gasteiger partial charge in [0.15, 0.2) is 11.5 Å². The Morgan fingerprint density at radius 1 is 0.805 bits per heavy atom. The van der Waals surface area contributed by atoms with Gasteiger partial charge in [-0.25, -0.2) is 9.97 Å². The number of amides is 2. The molecule has 5 N–H and O–H groups in total. The molecule has 0 saturated carbocycles. The molecule has 3 heterocycles. The predicted molar refractivity (Wildman–Crippen MR) is 165 cm³/mol. The Kier molecular flexibility index (Phi) is 9.96. The van der Waals surface area contributed by atoms with Crippen LogP contribution in [0.25, 0.3) is 0 Å². The van der Waals surface area contributed by atoms with Crippen molar-refractivity contribution in [3.63, 3.8) is 0 Å². The standard InChI is InChI=1S/C21H29N7O.C9H12N2O/c1-26-11-13-27(14-12-26)17-7-5-16(6-8-17)24-21-19(20(22)29)23-15-18(25-21)28-9-3-2-4-10-28;1-11(2)8-5-3-7(4-6-8)9(10)12/h5-8,15H,2-4,9-14H2,1H3,(H2,22,29)(H,24,25);3-6H,1-2H3,(H2,10,12). The second-order valence-corrected chi connectivity index (χ2v) is 10.6. The van der Waals surface area contributed by atoms with E-state index in [9.17, 15) is 9.59 Å². The molecule has 11 nitrogen and oxygen atoms in total. The van der Waals surface area contributed by atoms with E-state index < -0.39 is 5.91 Å². The number of nitrogens with zero attached hydrogens (tertiary/aromatic N) is 6. The smallest absolute Gasteiger partial charge is 0.271 e. The van der Waals surface area contributed by atoms with E-state index in [2.05, 4.69) is 49.2 Å². The van der Waals surface area contributed by atoms with Gasteiger partial charge in [-0.2, -0.15) is 0 Å². The first kappa shape index (κ1) is 29.6. The minimum atomic E-state index is -0.584. The Balaban J connectivity index is 0.000000271. The van der Waals surface area contributed by atoms with Gasteiger partial charge < -0.3 is 36.4 Å². The molecule has 0 spiro atoms. The summed E-state index contributed by atoms with van der Waals surface area (Å²) in [7, 11) is 6.04. The maximum Gasteiger partial charge on any atom is 0.271 e. The van der Waals surface area contributed by atoms with Gasteiger partial charge in [0.25, 0.3) is 5.91 Å². The second kappa shape index (κ2) is 13.8. The highest BCUT2D eigenvalue weighted by Crippen LogP contribution is 2.25. The van der Waals surface area contributed by atoms with Crippen molar-refractivity contribution in [3.05, 3.63) is 66.0 Å². The van der Waals surface area contributed by atoms with E-state index in [-0.39, 0.29) is 11.6 Å². The van der Waals surface area contributed by atoms with Crippen LogP contribution in [0, 0.1) is 0 Å². The van der Waals surface area contributed by atoms with Gasteiger partial charge in [0.05, 0.1) is 6.20 Å². The van der Waals surface area contributed by atoms with Crippen molar-refractivity contribution in [1.82, 2.24) is 14.9 Å². The van der Waals surface area contributed by atoms with Crippen LogP contribution >= 0.6 is 0 Å². The van der Waals surface area contributed by atoms with Gasteiger partial charge in [-0.15, -0.1) is 0 Å². The van der Waals surface area contributed by atoms with Crippen LogP contribution in [-0.2, 0) is 0 Å². The van der Waals surface area contributed by atoms with E-state index in [1.54, 1.807) is 18.3 Å². The Morgan fingerprint density at radius 3 is 2.00 bits per heavy atom. The average molecular weight is 560 g/mol. The Hall–Kier alpha value is -4.38. The highest BCUT2D eigenvalue weighted by molar-refractivity contribution is 5.96. The van der Waals surface area contributed by atoms with Crippen molar-refractivity contribution in [3.8, 4) is 0 Å². The van der Waals surface area contributed by atoms with Crippen LogP contribution in [-0.4, -0.2) is 87.1 Å². The van der Waals surface area contributed by atoms with Crippen molar-refractivity contribution in [2.24, 2.45) is 11.5 Å². The van der Waals surface area contributed by atoms with E-state index in [0.717, 1.165) is 69.3 Å². The van der Waals surface area contributed by atoms with Gasteiger partial charge in [0.2, 0.25) is 5.91 Å². The third-order valence-corrected chi connectivity index (χ3v) is 7.34. The lowest BCUT2D eigenvalue weighted by atomic mass is 10.1. The molecule has 0 atom stereocenters. The molecular formula is C30H41N9O2. The zero-order chi connectivity index (χ0) is 29.4. The number of primary amides is 2. The molecular weight excluding hydrogens is 518 g/mol. The predicted octanol–water partition coefficient (Wildman–Crippen LogP) is 2.91. The van der Waals surface area contributed by atoms with E-state index >= 15 is 0 Å². The number of piperidine rings is 1. The largest absolute Gasteiger partial charge is 0.378 e. The summed E-state index contributed by atoms with van der Waals surface area (Å²) in [6.07, 6.45) is 5.19. The fourth-order valence-corrected chi connectivity index (χ4v) is 4.80. The average Bonchev–Trinajstić information content (AvgIpc) is 2.98. The first-order valence-corrected chi connectivity index (χ1v) is 14.0. The highest BCUT2D eigenvalue weighted by Gasteiger charge is 2.18. The molecule has 1 aromatic heterocycles. The number of hydrogen-bond donors (Lipinski definition) is 3. The number of piperazine rings is 1. The van der Waals surface area contributed by atoms with Crippen LogP contribution in [0.5, 0.6) is 0 Å². The van der Waals surface area contributed by atoms with Gasteiger partial charge in [0.1, 0.15) is 5.82 Å². The summed E-state index contributed by atoms with van der Waals surface area (Å²) in [6.45, 7) is 6.12. The molecule has 0 unspecified atom stereocenters. The fourth-order valence-electron chi connectivity index (χ4n) is 4.80. The number of nitrogens with one attached hydrogen (secondary N) is 1. The lowest BCUT2D eigenvalue weighted by Crippen LogP contribution is -2.44. The van der Waals surface area contributed by atoms with Gasteiger partial charge in [-0.1, -0.05) is 0 Å². The molecule has 41 heavy (non-hydrogen) atoms. The molecule has 2 aliphatic heterocycles. The molecule has 2 saturated heterocycles. The SMILES string of the molecule is CN(C)c1ccc(C(N)=O)cc1.CN1CCN(c2ccc(Nc3nc(N4CCCCC4)cnc3C(N)=O)cc2)CC1. The quantitative estimate of drug-likeness (QED) is 0.399. The number of likely N-dealkylation sites (N-methyl/N-ethyl adjacent to an activating group) is 1. The molecule has 0 aliphatic carbocycles. The summed E-state index contributed by atoms with van der Waals surface area (Å²) >= 11 is 0. The first-order valence-electron chi connectivity index (χ1n) is 14.0. The molecule has 2 aromatic carbocycles. The summed E-state index contributed by atoms with van der Waals surface area (Å²) in [4.78, 5) is 40.4. The van der Waals surface area contributed by atoms with Crippen molar-refractivity contribution < 1.29 is 9.59 Å². The van der Waals surface area contributed by atoms with Gasteiger partial charge in [0, 0.05) is 76.0 Å². The third kappa shape index (κ3) is 8.07. The zero-order valence-electron chi connectivity index (χ0n) is 24.2. The first-order chi connectivity index (χ1) is 19.7. The summed E-state index contributed by atoms with van der Waals surface area (Å²) in [5.74, 6) is 0.221. The minimum absolute atomic E-state index is 0.161. The van der Waals surface area contributed by atoms with Crippen LogP contribution in [0.15, 0.2) is 54.7 Å². The Bertz CT molecular complexity index is 1300. The third-order valence-electron chi connectivity index (χ3n) is 7.34. The van der Waals surface area contributed by atoms with Crippen LogP contribution in [0.3, 0.4) is 0 Å². The Labute approximate surface area is 242 Å². The van der Waals surface area contributed by atoms with Crippen LogP contribution in [0.4, 0.5) is 28.7 Å². The van der Waals surface area contributed by atoms with Gasteiger partial charge in [-0.05, 0) is 74.8 Å². The fraction of sp³-hybridized carbons (Fsp3) is 0.400. The van der Waals surface area contributed by atoms with E-state index in [0.29, 0.717) is 11.4 Å². The van der Waals surface area contributed by atoms with Crippen molar-refractivity contribution in [2.75, 3.05) is 80.4 Å². The topological polar surface area (TPSA) is 137 Å². The van der Waals surface area contributed by atoms with Crippen LogP contribution in [0.2, 0.25) is 0 Å². The molecule has 5 rings (SSSR count). The van der Waals surface area contributed by atoms with E-state index in [1.165, 1.54) is 12.1 Å².